The van der Waals surface area contributed by atoms with E-state index in [4.69, 9.17) is 11.0 Å². The number of rotatable bonds is 3. The van der Waals surface area contributed by atoms with E-state index >= 15 is 0 Å². The third kappa shape index (κ3) is 1.94. The molecule has 1 aromatic heterocycles. The fourth-order valence-corrected chi connectivity index (χ4v) is 0.840. The fourth-order valence-electron chi connectivity index (χ4n) is 0.840. The molecule has 1 heterocycles. The van der Waals surface area contributed by atoms with Crippen LogP contribution in [0.25, 0.3) is 0 Å². The second-order valence-electron chi connectivity index (χ2n) is 2.25. The second-order valence-corrected chi connectivity index (χ2v) is 2.25. The summed E-state index contributed by atoms with van der Waals surface area (Å²) in [5.41, 5.74) is 6.64. The molecule has 0 spiro atoms. The first kappa shape index (κ1) is 8.50. The first-order valence-electron chi connectivity index (χ1n) is 3.66. The van der Waals surface area contributed by atoms with E-state index in [-0.39, 0.29) is 0 Å². The summed E-state index contributed by atoms with van der Waals surface area (Å²) in [6, 6.07) is 3.73. The molecule has 0 aliphatic rings. The number of nitrogens with zero attached hydrogens (tertiary/aromatic N) is 2. The molecule has 1 rings (SSSR count). The summed E-state index contributed by atoms with van der Waals surface area (Å²) in [4.78, 5) is 3.89. The highest BCUT2D eigenvalue weighted by atomic mass is 14.9. The van der Waals surface area contributed by atoms with Gasteiger partial charge in [0.15, 0.2) is 0 Å². The minimum absolute atomic E-state index is 0.541. The molecule has 0 amide bonds. The van der Waals surface area contributed by atoms with Crippen molar-refractivity contribution in [2.24, 2.45) is 5.73 Å². The summed E-state index contributed by atoms with van der Waals surface area (Å²) in [6.45, 7) is 1.19. The first-order valence-corrected chi connectivity index (χ1v) is 3.66. The van der Waals surface area contributed by atoms with Crippen LogP contribution in [0.15, 0.2) is 18.5 Å². The molecule has 0 unspecified atom stereocenters. The highest BCUT2D eigenvalue weighted by Crippen LogP contribution is 2.10. The molecule has 0 atom stereocenters. The van der Waals surface area contributed by atoms with Crippen LogP contribution in [0.5, 0.6) is 0 Å². The van der Waals surface area contributed by atoms with Crippen LogP contribution >= 0.6 is 0 Å². The predicted octanol–water partition coefficient (Wildman–Crippen LogP) is 0.324. The number of aromatic nitrogens is 1. The van der Waals surface area contributed by atoms with Crippen LogP contribution < -0.4 is 11.1 Å². The van der Waals surface area contributed by atoms with E-state index in [1.165, 1.54) is 0 Å². The van der Waals surface area contributed by atoms with E-state index in [0.29, 0.717) is 18.7 Å². The van der Waals surface area contributed by atoms with Gasteiger partial charge in [-0.25, -0.2) is 0 Å². The van der Waals surface area contributed by atoms with Gasteiger partial charge >= 0.3 is 0 Å². The predicted molar refractivity (Wildman–Crippen MR) is 46.5 cm³/mol. The number of hydrogen-bond acceptors (Lipinski definition) is 4. The van der Waals surface area contributed by atoms with Gasteiger partial charge in [0.25, 0.3) is 0 Å². The maximum Gasteiger partial charge on any atom is 0.101 e. The zero-order valence-electron chi connectivity index (χ0n) is 6.62. The standard InChI is InChI=1S/C8H10N4/c9-2-4-12-8-6-11-3-1-7(8)5-10/h1,3,6,12H,2,4,9H2. The number of nitriles is 1. The molecular weight excluding hydrogens is 152 g/mol. The van der Waals surface area contributed by atoms with Crippen molar-refractivity contribution in [2.75, 3.05) is 18.4 Å². The Morgan fingerprint density at radius 2 is 2.50 bits per heavy atom. The molecule has 62 valence electrons. The van der Waals surface area contributed by atoms with E-state index in [9.17, 15) is 0 Å². The van der Waals surface area contributed by atoms with Crippen LogP contribution in [0.1, 0.15) is 5.56 Å². The monoisotopic (exact) mass is 162 g/mol. The molecule has 0 fully saturated rings. The Balaban J connectivity index is 2.77. The number of nitrogens with two attached hydrogens (primary N) is 1. The van der Waals surface area contributed by atoms with Crippen molar-refractivity contribution in [1.82, 2.24) is 4.98 Å². The van der Waals surface area contributed by atoms with E-state index in [1.54, 1.807) is 18.5 Å². The summed E-state index contributed by atoms with van der Waals surface area (Å²) < 4.78 is 0. The molecule has 0 radical (unpaired) electrons. The van der Waals surface area contributed by atoms with E-state index in [0.717, 1.165) is 5.69 Å². The lowest BCUT2D eigenvalue weighted by molar-refractivity contribution is 1.02. The van der Waals surface area contributed by atoms with Gasteiger partial charge in [-0.2, -0.15) is 5.26 Å². The Hall–Kier alpha value is -1.60. The topological polar surface area (TPSA) is 74.7 Å². The molecule has 4 heteroatoms. The Labute approximate surface area is 71.0 Å². The zero-order valence-corrected chi connectivity index (χ0v) is 6.62. The molecule has 12 heavy (non-hydrogen) atoms. The lowest BCUT2D eigenvalue weighted by Gasteiger charge is -2.04. The Kier molecular flexibility index (Phi) is 3.05. The molecule has 0 saturated heterocycles. The smallest absolute Gasteiger partial charge is 0.101 e. The molecule has 1 aromatic rings. The molecule has 0 aromatic carbocycles. The third-order valence-electron chi connectivity index (χ3n) is 1.40. The van der Waals surface area contributed by atoms with Crippen LogP contribution in [0.4, 0.5) is 5.69 Å². The van der Waals surface area contributed by atoms with Crippen molar-refractivity contribution < 1.29 is 0 Å². The lowest BCUT2D eigenvalue weighted by atomic mass is 10.2. The third-order valence-corrected chi connectivity index (χ3v) is 1.40. The number of nitrogens with one attached hydrogen (secondary N) is 1. The molecule has 3 N–H and O–H groups in total. The normalized spacial score (nSPS) is 9.00. The van der Waals surface area contributed by atoms with Crippen LogP contribution in [0, 0.1) is 11.3 Å². The van der Waals surface area contributed by atoms with Crippen LogP contribution in [-0.4, -0.2) is 18.1 Å². The van der Waals surface area contributed by atoms with Gasteiger partial charge in [0.2, 0.25) is 0 Å². The van der Waals surface area contributed by atoms with Crippen molar-refractivity contribution in [1.29, 1.82) is 5.26 Å². The van der Waals surface area contributed by atoms with E-state index in [2.05, 4.69) is 16.4 Å². The van der Waals surface area contributed by atoms with Crippen molar-refractivity contribution in [3.05, 3.63) is 24.0 Å². The average molecular weight is 162 g/mol. The van der Waals surface area contributed by atoms with Crippen LogP contribution in [-0.2, 0) is 0 Å². The Morgan fingerprint density at radius 1 is 1.67 bits per heavy atom. The van der Waals surface area contributed by atoms with Crippen molar-refractivity contribution >= 4 is 5.69 Å². The van der Waals surface area contributed by atoms with Crippen molar-refractivity contribution in [3.8, 4) is 6.07 Å². The zero-order chi connectivity index (χ0) is 8.81. The number of hydrogen-bond donors (Lipinski definition) is 2. The average Bonchev–Trinajstić information content (AvgIpc) is 2.15. The van der Waals surface area contributed by atoms with E-state index in [1.807, 2.05) is 0 Å². The largest absolute Gasteiger partial charge is 0.381 e. The minimum atomic E-state index is 0.541. The Bertz CT molecular complexity index is 289. The van der Waals surface area contributed by atoms with Gasteiger partial charge in [0, 0.05) is 19.3 Å². The number of pyridine rings is 1. The summed E-state index contributed by atoms with van der Waals surface area (Å²) in [6.07, 6.45) is 3.21. The maximum absolute atomic E-state index is 8.67. The summed E-state index contributed by atoms with van der Waals surface area (Å²) in [7, 11) is 0. The minimum Gasteiger partial charge on any atom is -0.381 e. The summed E-state index contributed by atoms with van der Waals surface area (Å²) in [5, 5.41) is 11.7. The molecular formula is C8H10N4. The highest BCUT2D eigenvalue weighted by molar-refractivity contribution is 5.55. The van der Waals surface area contributed by atoms with Crippen molar-refractivity contribution in [2.45, 2.75) is 0 Å². The molecule has 0 aliphatic carbocycles. The first-order chi connectivity index (χ1) is 5.88. The van der Waals surface area contributed by atoms with Gasteiger partial charge in [-0.3, -0.25) is 4.98 Å². The second kappa shape index (κ2) is 4.31. The van der Waals surface area contributed by atoms with Gasteiger partial charge in [0.05, 0.1) is 17.4 Å². The highest BCUT2D eigenvalue weighted by Gasteiger charge is 1.97. The van der Waals surface area contributed by atoms with Gasteiger partial charge < -0.3 is 11.1 Å². The number of anilines is 1. The lowest BCUT2D eigenvalue weighted by Crippen LogP contribution is -2.13. The fraction of sp³-hybridized carbons (Fsp3) is 0.250. The van der Waals surface area contributed by atoms with Gasteiger partial charge in [-0.15, -0.1) is 0 Å². The summed E-state index contributed by atoms with van der Waals surface area (Å²) >= 11 is 0. The maximum atomic E-state index is 8.67. The SMILES string of the molecule is N#Cc1ccncc1NCCN. The van der Waals surface area contributed by atoms with Gasteiger partial charge in [0.1, 0.15) is 6.07 Å². The molecule has 4 nitrogen and oxygen atoms in total. The van der Waals surface area contributed by atoms with Crippen molar-refractivity contribution in [3.63, 3.8) is 0 Å². The van der Waals surface area contributed by atoms with Gasteiger partial charge in [-0.05, 0) is 6.07 Å². The molecule has 0 saturated carbocycles. The van der Waals surface area contributed by atoms with Gasteiger partial charge in [-0.1, -0.05) is 0 Å². The summed E-state index contributed by atoms with van der Waals surface area (Å²) in [5.74, 6) is 0. The van der Waals surface area contributed by atoms with Crippen LogP contribution in [0.2, 0.25) is 0 Å². The van der Waals surface area contributed by atoms with Crippen LogP contribution in [0.3, 0.4) is 0 Å². The Morgan fingerprint density at radius 3 is 3.17 bits per heavy atom. The molecule has 0 aliphatic heterocycles. The van der Waals surface area contributed by atoms with E-state index < -0.39 is 0 Å². The quantitative estimate of drug-likeness (QED) is 0.671. The molecule has 0 bridgehead atoms.